The Morgan fingerprint density at radius 1 is 1.30 bits per heavy atom. The molecule has 0 saturated heterocycles. The highest BCUT2D eigenvalue weighted by Gasteiger charge is 2.12. The Morgan fingerprint density at radius 2 is 2.17 bits per heavy atom. The van der Waals surface area contributed by atoms with Gasteiger partial charge in [-0.1, -0.05) is 17.3 Å². The Hall–Kier alpha value is -2.67. The topological polar surface area (TPSA) is 71.3 Å². The first kappa shape index (κ1) is 15.2. The molecule has 0 spiro atoms. The highest BCUT2D eigenvalue weighted by Crippen LogP contribution is 2.21. The average Bonchev–Trinajstić information content (AvgIpc) is 3.23. The second-order valence-corrected chi connectivity index (χ2v) is 6.06. The van der Waals surface area contributed by atoms with E-state index in [0.29, 0.717) is 17.3 Å². The second kappa shape index (κ2) is 6.62. The summed E-state index contributed by atoms with van der Waals surface area (Å²) in [5.74, 6) is 0.744. The van der Waals surface area contributed by atoms with E-state index in [1.807, 2.05) is 54.7 Å². The third kappa shape index (κ3) is 3.57. The molecule has 1 N–H and O–H groups in total. The van der Waals surface area contributed by atoms with Crippen LogP contribution in [0.4, 0.5) is 5.69 Å². The molecule has 0 saturated carbocycles. The molecule has 0 aliphatic carbocycles. The van der Waals surface area contributed by atoms with Gasteiger partial charge < -0.3 is 14.7 Å². The molecule has 3 rings (SSSR count). The summed E-state index contributed by atoms with van der Waals surface area (Å²) in [5.41, 5.74) is 1.56. The number of carbonyl (C=O) groups excluding carboxylic acids is 1. The summed E-state index contributed by atoms with van der Waals surface area (Å²) in [5, 5.41) is 8.65. The Morgan fingerprint density at radius 3 is 2.91 bits per heavy atom. The molecule has 0 atom stereocenters. The number of nitrogens with one attached hydrogen (secondary N) is 1. The number of thiophene rings is 1. The number of hydrogen-bond donors (Lipinski definition) is 1. The summed E-state index contributed by atoms with van der Waals surface area (Å²) in [6.45, 7) is 0.198. The molecule has 23 heavy (non-hydrogen) atoms. The summed E-state index contributed by atoms with van der Waals surface area (Å²) in [4.78, 5) is 19.4. The van der Waals surface area contributed by atoms with Gasteiger partial charge in [-0.3, -0.25) is 4.79 Å². The van der Waals surface area contributed by atoms with Crippen LogP contribution in [0.25, 0.3) is 10.7 Å². The number of benzene rings is 1. The van der Waals surface area contributed by atoms with E-state index in [1.54, 1.807) is 6.07 Å². The quantitative estimate of drug-likeness (QED) is 0.780. The molecular formula is C16H16N4O2S. The summed E-state index contributed by atoms with van der Waals surface area (Å²) in [6, 6.07) is 11.3. The Balaban J connectivity index is 1.64. The first-order valence-electron chi connectivity index (χ1n) is 7.05. The predicted molar refractivity (Wildman–Crippen MR) is 89.6 cm³/mol. The lowest BCUT2D eigenvalue weighted by molar-refractivity contribution is 0.0946. The molecule has 2 aromatic heterocycles. The standard InChI is InChI=1S/C16H16N4O2S/c1-20(2)12-6-3-5-11(9-12)16(21)17-10-14-18-15(19-22-14)13-7-4-8-23-13/h3-9H,10H2,1-2H3,(H,17,21). The van der Waals surface area contributed by atoms with Crippen molar-refractivity contribution in [3.05, 3.63) is 53.2 Å². The molecule has 0 unspecified atom stereocenters. The molecule has 0 aliphatic rings. The first-order chi connectivity index (χ1) is 11.1. The molecule has 2 heterocycles. The van der Waals surface area contributed by atoms with Crippen LogP contribution in [-0.4, -0.2) is 30.1 Å². The molecule has 1 aromatic carbocycles. The normalized spacial score (nSPS) is 10.5. The number of anilines is 1. The largest absolute Gasteiger partial charge is 0.378 e. The Kier molecular flexibility index (Phi) is 4.38. The van der Waals surface area contributed by atoms with E-state index in [2.05, 4.69) is 15.5 Å². The van der Waals surface area contributed by atoms with Crippen LogP contribution in [-0.2, 0) is 6.54 Å². The number of nitrogens with zero attached hydrogens (tertiary/aromatic N) is 3. The van der Waals surface area contributed by atoms with Gasteiger partial charge in [-0.25, -0.2) is 0 Å². The van der Waals surface area contributed by atoms with Crippen LogP contribution in [0.1, 0.15) is 16.2 Å². The van der Waals surface area contributed by atoms with Crippen LogP contribution in [0.5, 0.6) is 0 Å². The highest BCUT2D eigenvalue weighted by atomic mass is 32.1. The number of aromatic nitrogens is 2. The Labute approximate surface area is 137 Å². The van der Waals surface area contributed by atoms with E-state index < -0.39 is 0 Å². The molecule has 7 heteroatoms. The van der Waals surface area contributed by atoms with Gasteiger partial charge in [0.1, 0.15) is 0 Å². The minimum atomic E-state index is -0.176. The van der Waals surface area contributed by atoms with Gasteiger partial charge in [-0.05, 0) is 29.6 Å². The molecule has 118 valence electrons. The summed E-state index contributed by atoms with van der Waals surface area (Å²) in [7, 11) is 3.86. The van der Waals surface area contributed by atoms with Crippen molar-refractivity contribution in [2.24, 2.45) is 0 Å². The summed E-state index contributed by atoms with van der Waals surface area (Å²) < 4.78 is 5.16. The first-order valence-corrected chi connectivity index (χ1v) is 7.93. The van der Waals surface area contributed by atoms with Gasteiger partial charge in [0.25, 0.3) is 5.91 Å². The molecule has 1 amide bonds. The van der Waals surface area contributed by atoms with Crippen molar-refractivity contribution < 1.29 is 9.32 Å². The van der Waals surface area contributed by atoms with Crippen molar-refractivity contribution in [3.8, 4) is 10.7 Å². The SMILES string of the molecule is CN(C)c1cccc(C(=O)NCc2nc(-c3cccs3)no2)c1. The van der Waals surface area contributed by atoms with Crippen LogP contribution in [0.15, 0.2) is 46.3 Å². The van der Waals surface area contributed by atoms with Crippen molar-refractivity contribution in [3.63, 3.8) is 0 Å². The number of hydrogen-bond acceptors (Lipinski definition) is 6. The zero-order valence-electron chi connectivity index (χ0n) is 12.8. The molecule has 0 fully saturated rings. The molecule has 0 radical (unpaired) electrons. The van der Waals surface area contributed by atoms with E-state index in [4.69, 9.17) is 4.52 Å². The van der Waals surface area contributed by atoms with Gasteiger partial charge >= 0.3 is 0 Å². The van der Waals surface area contributed by atoms with E-state index in [-0.39, 0.29) is 12.5 Å². The van der Waals surface area contributed by atoms with Crippen LogP contribution in [0.3, 0.4) is 0 Å². The lowest BCUT2D eigenvalue weighted by atomic mass is 10.2. The zero-order chi connectivity index (χ0) is 16.2. The lowest BCUT2D eigenvalue weighted by Crippen LogP contribution is -2.23. The molecule has 3 aromatic rings. The van der Waals surface area contributed by atoms with Crippen LogP contribution in [0, 0.1) is 0 Å². The maximum absolute atomic E-state index is 12.2. The molecule has 0 aliphatic heterocycles. The van der Waals surface area contributed by atoms with Gasteiger partial charge in [-0.2, -0.15) is 4.98 Å². The van der Waals surface area contributed by atoms with Gasteiger partial charge in [0.05, 0.1) is 11.4 Å². The van der Waals surface area contributed by atoms with E-state index >= 15 is 0 Å². The fraction of sp³-hybridized carbons (Fsp3) is 0.188. The predicted octanol–water partition coefficient (Wildman–Crippen LogP) is 2.79. The maximum Gasteiger partial charge on any atom is 0.251 e. The van der Waals surface area contributed by atoms with Gasteiger partial charge in [0, 0.05) is 25.3 Å². The molecular weight excluding hydrogens is 312 g/mol. The van der Waals surface area contributed by atoms with Crippen molar-refractivity contribution in [2.75, 3.05) is 19.0 Å². The minimum Gasteiger partial charge on any atom is -0.378 e. The van der Waals surface area contributed by atoms with Crippen LogP contribution in [0.2, 0.25) is 0 Å². The number of rotatable bonds is 5. The second-order valence-electron chi connectivity index (χ2n) is 5.12. The van der Waals surface area contributed by atoms with Crippen molar-refractivity contribution >= 4 is 22.9 Å². The van der Waals surface area contributed by atoms with Crippen molar-refractivity contribution in [2.45, 2.75) is 6.54 Å². The fourth-order valence-electron chi connectivity index (χ4n) is 2.02. The monoisotopic (exact) mass is 328 g/mol. The summed E-state index contributed by atoms with van der Waals surface area (Å²) in [6.07, 6.45) is 0. The lowest BCUT2D eigenvalue weighted by Gasteiger charge is -2.13. The third-order valence-electron chi connectivity index (χ3n) is 3.23. The average molecular weight is 328 g/mol. The third-order valence-corrected chi connectivity index (χ3v) is 4.10. The van der Waals surface area contributed by atoms with Gasteiger partial charge in [0.2, 0.25) is 11.7 Å². The number of amides is 1. The highest BCUT2D eigenvalue weighted by molar-refractivity contribution is 7.13. The van der Waals surface area contributed by atoms with E-state index in [9.17, 15) is 4.79 Å². The van der Waals surface area contributed by atoms with E-state index in [0.717, 1.165) is 10.6 Å². The molecule has 6 nitrogen and oxygen atoms in total. The Bertz CT molecular complexity index is 796. The zero-order valence-corrected chi connectivity index (χ0v) is 13.6. The van der Waals surface area contributed by atoms with Gasteiger partial charge in [0.15, 0.2) is 0 Å². The maximum atomic E-state index is 12.2. The van der Waals surface area contributed by atoms with Crippen molar-refractivity contribution in [1.29, 1.82) is 0 Å². The van der Waals surface area contributed by atoms with Crippen LogP contribution < -0.4 is 10.2 Å². The van der Waals surface area contributed by atoms with Gasteiger partial charge in [-0.15, -0.1) is 11.3 Å². The number of carbonyl (C=O) groups is 1. The summed E-state index contributed by atoms with van der Waals surface area (Å²) >= 11 is 1.54. The smallest absolute Gasteiger partial charge is 0.251 e. The molecule has 0 bridgehead atoms. The minimum absolute atomic E-state index is 0.176. The van der Waals surface area contributed by atoms with E-state index in [1.165, 1.54) is 11.3 Å². The van der Waals surface area contributed by atoms with Crippen LogP contribution >= 0.6 is 11.3 Å². The fourth-order valence-corrected chi connectivity index (χ4v) is 2.67. The van der Waals surface area contributed by atoms with Crippen molar-refractivity contribution in [1.82, 2.24) is 15.5 Å².